The van der Waals surface area contributed by atoms with Crippen LogP contribution in [0, 0.1) is 17.5 Å². The molecule has 0 fully saturated rings. The molecule has 0 spiro atoms. The van der Waals surface area contributed by atoms with E-state index in [1.807, 2.05) is 0 Å². The summed E-state index contributed by atoms with van der Waals surface area (Å²) in [6, 6.07) is 1.04. The molecule has 2 unspecified atom stereocenters. The lowest BCUT2D eigenvalue weighted by Crippen LogP contribution is -2.20. The van der Waals surface area contributed by atoms with Gasteiger partial charge in [0, 0.05) is 17.0 Å². The van der Waals surface area contributed by atoms with Crippen molar-refractivity contribution in [2.75, 3.05) is 5.33 Å². The molecule has 0 heterocycles. The molecule has 0 aromatic heterocycles. The first-order valence-corrected chi connectivity index (χ1v) is 5.66. The fourth-order valence-corrected chi connectivity index (χ4v) is 1.74. The maximum atomic E-state index is 13.2. The van der Waals surface area contributed by atoms with Crippen molar-refractivity contribution >= 4 is 15.9 Å². The predicted octanol–water partition coefficient (Wildman–Crippen LogP) is 2.28. The van der Waals surface area contributed by atoms with Gasteiger partial charge < -0.3 is 10.2 Å². The van der Waals surface area contributed by atoms with Crippen LogP contribution < -0.4 is 0 Å². The fraction of sp³-hybridized carbons (Fsp3) is 0.400. The highest BCUT2D eigenvalue weighted by molar-refractivity contribution is 9.09. The highest BCUT2D eigenvalue weighted by atomic mass is 79.9. The van der Waals surface area contributed by atoms with E-state index in [1.165, 1.54) is 0 Å². The SMILES string of the molecule is OC(CCBr)C(O)c1cc(F)cc(F)c1F. The van der Waals surface area contributed by atoms with E-state index in [0.29, 0.717) is 17.5 Å². The lowest BCUT2D eigenvalue weighted by Gasteiger charge is -2.18. The summed E-state index contributed by atoms with van der Waals surface area (Å²) in [5.74, 6) is -3.73. The Bertz CT molecular complexity index is 373. The van der Waals surface area contributed by atoms with Crippen LogP contribution in [-0.4, -0.2) is 21.6 Å². The van der Waals surface area contributed by atoms with Gasteiger partial charge in [-0.1, -0.05) is 15.9 Å². The van der Waals surface area contributed by atoms with E-state index in [0.717, 1.165) is 0 Å². The molecule has 0 aliphatic carbocycles. The molecule has 16 heavy (non-hydrogen) atoms. The standard InChI is InChI=1S/C10H10BrF3O2/c11-2-1-8(15)10(16)6-3-5(12)4-7(13)9(6)14/h3-4,8,10,15-16H,1-2H2. The molecule has 2 nitrogen and oxygen atoms in total. The second kappa shape index (κ2) is 5.65. The Hall–Kier alpha value is -0.590. The minimum atomic E-state index is -1.65. The predicted molar refractivity (Wildman–Crippen MR) is 55.7 cm³/mol. The van der Waals surface area contributed by atoms with E-state index in [4.69, 9.17) is 0 Å². The van der Waals surface area contributed by atoms with Crippen LogP contribution in [0.2, 0.25) is 0 Å². The van der Waals surface area contributed by atoms with Crippen molar-refractivity contribution in [2.45, 2.75) is 18.6 Å². The van der Waals surface area contributed by atoms with E-state index < -0.39 is 35.2 Å². The van der Waals surface area contributed by atoms with Crippen LogP contribution in [0.25, 0.3) is 0 Å². The molecule has 0 bridgehead atoms. The molecule has 0 radical (unpaired) electrons. The number of halogens is 4. The second-order valence-electron chi connectivity index (χ2n) is 3.28. The number of rotatable bonds is 4. The molecule has 2 atom stereocenters. The zero-order chi connectivity index (χ0) is 12.3. The quantitative estimate of drug-likeness (QED) is 0.661. The lowest BCUT2D eigenvalue weighted by molar-refractivity contribution is 0.0147. The fourth-order valence-electron chi connectivity index (χ4n) is 1.27. The minimum absolute atomic E-state index is 0.138. The van der Waals surface area contributed by atoms with Gasteiger partial charge in [-0.25, -0.2) is 13.2 Å². The van der Waals surface area contributed by atoms with Crippen molar-refractivity contribution < 1.29 is 23.4 Å². The maximum absolute atomic E-state index is 13.2. The van der Waals surface area contributed by atoms with Gasteiger partial charge in [-0.05, 0) is 12.5 Å². The summed E-state index contributed by atoms with van der Waals surface area (Å²) < 4.78 is 38.8. The molecule has 2 N–H and O–H groups in total. The summed E-state index contributed by atoms with van der Waals surface area (Å²) in [6.45, 7) is 0. The Balaban J connectivity index is 3.03. The Morgan fingerprint density at radius 2 is 1.81 bits per heavy atom. The molecule has 0 saturated carbocycles. The van der Waals surface area contributed by atoms with Gasteiger partial charge in [0.25, 0.3) is 0 Å². The van der Waals surface area contributed by atoms with E-state index in [-0.39, 0.29) is 6.42 Å². The minimum Gasteiger partial charge on any atom is -0.390 e. The van der Waals surface area contributed by atoms with Crippen LogP contribution in [0.1, 0.15) is 18.1 Å². The number of hydrogen-bond acceptors (Lipinski definition) is 2. The van der Waals surface area contributed by atoms with E-state index in [9.17, 15) is 23.4 Å². The van der Waals surface area contributed by atoms with E-state index in [2.05, 4.69) is 15.9 Å². The highest BCUT2D eigenvalue weighted by Crippen LogP contribution is 2.25. The lowest BCUT2D eigenvalue weighted by atomic mass is 10.0. The third kappa shape index (κ3) is 2.96. The molecule has 0 amide bonds. The zero-order valence-electron chi connectivity index (χ0n) is 8.13. The van der Waals surface area contributed by atoms with Gasteiger partial charge in [-0.3, -0.25) is 0 Å². The van der Waals surface area contributed by atoms with Crippen LogP contribution in [-0.2, 0) is 0 Å². The monoisotopic (exact) mass is 298 g/mol. The number of benzene rings is 1. The topological polar surface area (TPSA) is 40.5 Å². The van der Waals surface area contributed by atoms with Crippen molar-refractivity contribution in [3.8, 4) is 0 Å². The molecular formula is C10H10BrF3O2. The third-order valence-electron chi connectivity index (χ3n) is 2.11. The van der Waals surface area contributed by atoms with Gasteiger partial charge in [-0.15, -0.1) is 0 Å². The average Bonchev–Trinajstić information content (AvgIpc) is 2.22. The van der Waals surface area contributed by atoms with Crippen molar-refractivity contribution in [1.29, 1.82) is 0 Å². The number of hydrogen-bond donors (Lipinski definition) is 2. The summed E-state index contributed by atoms with van der Waals surface area (Å²) in [5, 5.41) is 19.3. The van der Waals surface area contributed by atoms with Crippen LogP contribution >= 0.6 is 15.9 Å². The van der Waals surface area contributed by atoms with Crippen LogP contribution in [0.5, 0.6) is 0 Å². The van der Waals surface area contributed by atoms with Crippen molar-refractivity contribution in [3.63, 3.8) is 0 Å². The van der Waals surface area contributed by atoms with E-state index in [1.54, 1.807) is 0 Å². The van der Waals surface area contributed by atoms with Crippen LogP contribution in [0.4, 0.5) is 13.2 Å². The molecular weight excluding hydrogens is 289 g/mol. The summed E-state index contributed by atoms with van der Waals surface area (Å²) >= 11 is 3.03. The number of alkyl halides is 1. The molecule has 0 aliphatic heterocycles. The molecule has 1 aromatic rings. The smallest absolute Gasteiger partial charge is 0.164 e. The first kappa shape index (κ1) is 13.5. The number of aliphatic hydroxyl groups is 2. The Kier molecular flexibility index (Phi) is 4.76. The van der Waals surface area contributed by atoms with Gasteiger partial charge in [0.15, 0.2) is 11.6 Å². The first-order chi connectivity index (χ1) is 7.47. The maximum Gasteiger partial charge on any atom is 0.164 e. The van der Waals surface area contributed by atoms with Crippen molar-refractivity contribution in [2.24, 2.45) is 0 Å². The van der Waals surface area contributed by atoms with Gasteiger partial charge in [0.1, 0.15) is 11.9 Å². The summed E-state index contributed by atoms with van der Waals surface area (Å²) in [7, 11) is 0. The van der Waals surface area contributed by atoms with Gasteiger partial charge >= 0.3 is 0 Å². The second-order valence-corrected chi connectivity index (χ2v) is 4.07. The van der Waals surface area contributed by atoms with Gasteiger partial charge in [-0.2, -0.15) is 0 Å². The zero-order valence-corrected chi connectivity index (χ0v) is 9.72. The largest absolute Gasteiger partial charge is 0.390 e. The first-order valence-electron chi connectivity index (χ1n) is 4.54. The Labute approximate surface area is 98.8 Å². The normalized spacial score (nSPS) is 14.9. The van der Waals surface area contributed by atoms with Crippen LogP contribution in [0.3, 0.4) is 0 Å². The molecule has 1 rings (SSSR count). The average molecular weight is 299 g/mol. The van der Waals surface area contributed by atoms with Crippen molar-refractivity contribution in [1.82, 2.24) is 0 Å². The van der Waals surface area contributed by atoms with E-state index >= 15 is 0 Å². The summed E-state index contributed by atoms with van der Waals surface area (Å²) in [5.41, 5.74) is -0.578. The van der Waals surface area contributed by atoms with Crippen molar-refractivity contribution in [3.05, 3.63) is 35.1 Å². The molecule has 90 valence electrons. The number of aliphatic hydroxyl groups excluding tert-OH is 2. The van der Waals surface area contributed by atoms with Gasteiger partial charge in [0.05, 0.1) is 6.10 Å². The van der Waals surface area contributed by atoms with Gasteiger partial charge in [0.2, 0.25) is 0 Å². The Morgan fingerprint density at radius 1 is 1.19 bits per heavy atom. The molecule has 0 saturated heterocycles. The third-order valence-corrected chi connectivity index (χ3v) is 2.57. The van der Waals surface area contributed by atoms with Crippen LogP contribution in [0.15, 0.2) is 12.1 Å². The Morgan fingerprint density at radius 3 is 2.38 bits per heavy atom. The molecule has 1 aromatic carbocycles. The summed E-state index contributed by atoms with van der Waals surface area (Å²) in [4.78, 5) is 0. The molecule has 6 heteroatoms. The molecule has 0 aliphatic rings. The highest BCUT2D eigenvalue weighted by Gasteiger charge is 2.23. The summed E-state index contributed by atoms with van der Waals surface area (Å²) in [6.07, 6.45) is -2.79.